The van der Waals surface area contributed by atoms with E-state index in [1.54, 1.807) is 13.0 Å². The second kappa shape index (κ2) is 5.76. The van der Waals surface area contributed by atoms with Gasteiger partial charge in [0.25, 0.3) is 15.7 Å². The molecule has 2 heterocycles. The van der Waals surface area contributed by atoms with Crippen molar-refractivity contribution in [1.82, 2.24) is 4.98 Å². The van der Waals surface area contributed by atoms with Gasteiger partial charge in [0.1, 0.15) is 4.21 Å². The highest BCUT2D eigenvalue weighted by molar-refractivity contribution is 7.94. The Bertz CT molecular complexity index is 799. The predicted molar refractivity (Wildman–Crippen MR) is 80.8 cm³/mol. The molecule has 0 atom stereocenters. The third-order valence-corrected chi connectivity index (χ3v) is 5.90. The van der Waals surface area contributed by atoms with Crippen LogP contribution >= 0.6 is 34.5 Å². The van der Waals surface area contributed by atoms with E-state index in [9.17, 15) is 18.5 Å². The lowest BCUT2D eigenvalue weighted by Gasteiger charge is -2.09. The number of thiophene rings is 1. The SMILES string of the molecule is Cc1ccnc(Cl)c1NS(=O)(=O)c1cc([N+](=O)[O-])c(Cl)s1. The normalized spacial score (nSPS) is 11.4. The molecule has 11 heteroatoms. The fourth-order valence-electron chi connectivity index (χ4n) is 1.43. The summed E-state index contributed by atoms with van der Waals surface area (Å²) in [6.45, 7) is 1.65. The van der Waals surface area contributed by atoms with Crippen LogP contribution in [0.1, 0.15) is 5.56 Å². The molecule has 21 heavy (non-hydrogen) atoms. The van der Waals surface area contributed by atoms with Gasteiger partial charge in [-0.2, -0.15) is 0 Å². The molecule has 0 saturated heterocycles. The minimum Gasteiger partial charge on any atom is -0.276 e. The summed E-state index contributed by atoms with van der Waals surface area (Å²) in [7, 11) is -4.04. The first-order valence-electron chi connectivity index (χ1n) is 5.30. The maximum absolute atomic E-state index is 12.2. The largest absolute Gasteiger partial charge is 0.300 e. The van der Waals surface area contributed by atoms with Crippen molar-refractivity contribution in [3.63, 3.8) is 0 Å². The Morgan fingerprint density at radius 2 is 2.10 bits per heavy atom. The summed E-state index contributed by atoms with van der Waals surface area (Å²) in [5.74, 6) is 0. The van der Waals surface area contributed by atoms with Crippen LogP contribution in [-0.2, 0) is 10.0 Å². The van der Waals surface area contributed by atoms with Gasteiger partial charge in [0.15, 0.2) is 9.49 Å². The van der Waals surface area contributed by atoms with Crippen molar-refractivity contribution < 1.29 is 13.3 Å². The molecule has 0 bridgehead atoms. The Kier molecular flexibility index (Phi) is 4.38. The van der Waals surface area contributed by atoms with Crippen LogP contribution in [0.3, 0.4) is 0 Å². The summed E-state index contributed by atoms with van der Waals surface area (Å²) in [5.41, 5.74) is 0.220. The van der Waals surface area contributed by atoms with E-state index in [2.05, 4.69) is 9.71 Å². The maximum Gasteiger partial charge on any atom is 0.300 e. The van der Waals surface area contributed by atoms with Crippen LogP contribution in [-0.4, -0.2) is 18.3 Å². The number of aryl methyl sites for hydroxylation is 1. The summed E-state index contributed by atoms with van der Waals surface area (Å²) in [6.07, 6.45) is 1.43. The fraction of sp³-hybridized carbons (Fsp3) is 0.100. The van der Waals surface area contributed by atoms with Crippen molar-refractivity contribution in [2.75, 3.05) is 4.72 Å². The lowest BCUT2D eigenvalue weighted by atomic mass is 10.3. The van der Waals surface area contributed by atoms with Gasteiger partial charge < -0.3 is 0 Å². The molecule has 2 aromatic heterocycles. The third-order valence-electron chi connectivity index (χ3n) is 2.46. The Morgan fingerprint density at radius 3 is 2.62 bits per heavy atom. The summed E-state index contributed by atoms with van der Waals surface area (Å²) in [6, 6.07) is 2.47. The fourth-order valence-corrected chi connectivity index (χ4v) is 4.54. The molecule has 7 nitrogen and oxygen atoms in total. The first-order chi connectivity index (χ1) is 9.72. The number of halogens is 2. The number of nitrogens with one attached hydrogen (secondary N) is 1. The van der Waals surface area contributed by atoms with Crippen molar-refractivity contribution in [2.24, 2.45) is 0 Å². The average molecular weight is 368 g/mol. The molecule has 0 radical (unpaired) electrons. The van der Waals surface area contributed by atoms with E-state index in [4.69, 9.17) is 23.2 Å². The van der Waals surface area contributed by atoms with Crippen LogP contribution in [0.25, 0.3) is 0 Å². The second-order valence-electron chi connectivity index (χ2n) is 3.88. The second-order valence-corrected chi connectivity index (χ2v) is 7.80. The van der Waals surface area contributed by atoms with Crippen LogP contribution < -0.4 is 4.72 Å². The molecule has 0 aliphatic heterocycles. The first-order valence-corrected chi connectivity index (χ1v) is 8.35. The van der Waals surface area contributed by atoms with Gasteiger partial charge in [-0.25, -0.2) is 13.4 Å². The number of nitro groups is 1. The van der Waals surface area contributed by atoms with Crippen molar-refractivity contribution in [1.29, 1.82) is 0 Å². The molecular weight excluding hydrogens is 361 g/mol. The zero-order valence-corrected chi connectivity index (χ0v) is 13.5. The number of rotatable bonds is 4. The molecule has 0 spiro atoms. The third kappa shape index (κ3) is 3.26. The van der Waals surface area contributed by atoms with Gasteiger partial charge in [0.2, 0.25) is 0 Å². The van der Waals surface area contributed by atoms with Crippen molar-refractivity contribution in [2.45, 2.75) is 11.1 Å². The number of hydrogen-bond donors (Lipinski definition) is 1. The molecule has 0 unspecified atom stereocenters. The number of pyridine rings is 1. The molecule has 2 rings (SSSR count). The van der Waals surface area contributed by atoms with Crippen LogP contribution in [0.15, 0.2) is 22.5 Å². The minimum absolute atomic E-state index is 0.0178. The molecule has 112 valence electrons. The van der Waals surface area contributed by atoms with Gasteiger partial charge in [-0.1, -0.05) is 23.2 Å². The minimum atomic E-state index is -4.04. The topological polar surface area (TPSA) is 102 Å². The van der Waals surface area contributed by atoms with E-state index in [1.807, 2.05) is 0 Å². The highest BCUT2D eigenvalue weighted by Crippen LogP contribution is 2.37. The molecule has 1 N–H and O–H groups in total. The number of hydrogen-bond acceptors (Lipinski definition) is 6. The molecule has 0 amide bonds. The number of nitrogens with zero attached hydrogens (tertiary/aromatic N) is 2. The first kappa shape index (κ1) is 16.0. The van der Waals surface area contributed by atoms with E-state index in [0.29, 0.717) is 16.9 Å². The van der Waals surface area contributed by atoms with Gasteiger partial charge in [0, 0.05) is 12.3 Å². The van der Waals surface area contributed by atoms with E-state index in [-0.39, 0.29) is 19.4 Å². The van der Waals surface area contributed by atoms with Crippen molar-refractivity contribution in [3.8, 4) is 0 Å². The van der Waals surface area contributed by atoms with Crippen LogP contribution in [0, 0.1) is 17.0 Å². The Hall–Kier alpha value is -1.42. The van der Waals surface area contributed by atoms with Crippen molar-refractivity contribution >= 4 is 55.9 Å². The monoisotopic (exact) mass is 367 g/mol. The molecule has 2 aromatic rings. The van der Waals surface area contributed by atoms with Gasteiger partial charge >= 0.3 is 0 Å². The van der Waals surface area contributed by atoms with Gasteiger partial charge in [-0.3, -0.25) is 14.8 Å². The van der Waals surface area contributed by atoms with Crippen LogP contribution in [0.5, 0.6) is 0 Å². The summed E-state index contributed by atoms with van der Waals surface area (Å²) >= 11 is 12.1. The zero-order chi connectivity index (χ0) is 15.8. The standard InChI is InChI=1S/C10H7Cl2N3O4S2/c1-5-2-3-13-9(11)8(5)14-21(18,19)7-4-6(15(16)17)10(12)20-7/h2-4,14H,1H3. The molecule has 0 aliphatic carbocycles. The quantitative estimate of drug-likeness (QED) is 0.506. The average Bonchev–Trinajstić information content (AvgIpc) is 2.77. The Balaban J connectivity index is 2.44. The summed E-state index contributed by atoms with van der Waals surface area (Å²) < 4.78 is 26.2. The van der Waals surface area contributed by atoms with Crippen LogP contribution in [0.2, 0.25) is 9.49 Å². The van der Waals surface area contributed by atoms with Crippen molar-refractivity contribution in [3.05, 3.63) is 43.5 Å². The lowest BCUT2D eigenvalue weighted by molar-refractivity contribution is -0.384. The molecule has 0 fully saturated rings. The number of sulfonamides is 1. The molecular formula is C10H7Cl2N3O4S2. The summed E-state index contributed by atoms with van der Waals surface area (Å²) in [5, 5.41) is 10.7. The maximum atomic E-state index is 12.2. The summed E-state index contributed by atoms with van der Waals surface area (Å²) in [4.78, 5) is 13.7. The molecule has 0 aliphatic rings. The highest BCUT2D eigenvalue weighted by atomic mass is 35.5. The van der Waals surface area contributed by atoms with E-state index >= 15 is 0 Å². The van der Waals surface area contributed by atoms with E-state index in [1.165, 1.54) is 6.20 Å². The molecule has 0 aromatic carbocycles. The lowest BCUT2D eigenvalue weighted by Crippen LogP contribution is -2.13. The Labute approximate surface area is 133 Å². The Morgan fingerprint density at radius 1 is 1.43 bits per heavy atom. The number of aromatic nitrogens is 1. The highest BCUT2D eigenvalue weighted by Gasteiger charge is 2.26. The van der Waals surface area contributed by atoms with Gasteiger partial charge in [0.05, 0.1) is 10.6 Å². The van der Waals surface area contributed by atoms with Gasteiger partial charge in [-0.05, 0) is 18.6 Å². The number of anilines is 1. The van der Waals surface area contributed by atoms with E-state index in [0.717, 1.165) is 6.07 Å². The molecule has 0 saturated carbocycles. The zero-order valence-electron chi connectivity index (χ0n) is 10.3. The smallest absolute Gasteiger partial charge is 0.276 e. The van der Waals surface area contributed by atoms with E-state index < -0.39 is 20.6 Å². The van der Waals surface area contributed by atoms with Crippen LogP contribution in [0.4, 0.5) is 11.4 Å². The predicted octanol–water partition coefficient (Wildman–Crippen LogP) is 3.47. The van der Waals surface area contributed by atoms with Gasteiger partial charge in [-0.15, -0.1) is 11.3 Å².